The summed E-state index contributed by atoms with van der Waals surface area (Å²) in [7, 11) is 0. The van der Waals surface area contributed by atoms with Gasteiger partial charge in [0.15, 0.2) is 0 Å². The van der Waals surface area contributed by atoms with Crippen LogP contribution in [0.4, 0.5) is 9.93 Å². The lowest BCUT2D eigenvalue weighted by molar-refractivity contribution is 0.204. The summed E-state index contributed by atoms with van der Waals surface area (Å²) in [5.74, 6) is 0.00491. The molecule has 0 aromatic carbocycles. The van der Waals surface area contributed by atoms with E-state index in [1.807, 2.05) is 34.6 Å². The Morgan fingerprint density at radius 2 is 2.00 bits per heavy atom. The molecule has 0 aliphatic carbocycles. The number of nitrogens with one attached hydrogen (secondary N) is 2. The van der Waals surface area contributed by atoms with Crippen LogP contribution < -0.4 is 10.6 Å². The largest absolute Gasteiger partial charge is 0.396 e. The van der Waals surface area contributed by atoms with E-state index in [-0.39, 0.29) is 30.0 Å². The van der Waals surface area contributed by atoms with Gasteiger partial charge in [-0.2, -0.15) is 0 Å². The van der Waals surface area contributed by atoms with Gasteiger partial charge in [-0.15, -0.1) is 10.2 Å². The molecule has 6 nitrogen and oxygen atoms in total. The van der Waals surface area contributed by atoms with E-state index >= 15 is 0 Å². The molecule has 2 unspecified atom stereocenters. The minimum Gasteiger partial charge on any atom is -0.396 e. The Bertz CT molecular complexity index is 428. The zero-order valence-corrected chi connectivity index (χ0v) is 12.8. The number of rotatable bonds is 4. The fourth-order valence-corrected chi connectivity index (χ4v) is 2.01. The van der Waals surface area contributed by atoms with Crippen molar-refractivity contribution in [2.75, 3.05) is 11.9 Å². The molecule has 0 fully saturated rings. The van der Waals surface area contributed by atoms with Crippen molar-refractivity contribution < 1.29 is 9.90 Å². The van der Waals surface area contributed by atoms with Gasteiger partial charge < -0.3 is 10.4 Å². The first kappa shape index (κ1) is 15.8. The van der Waals surface area contributed by atoms with Gasteiger partial charge in [0.1, 0.15) is 5.01 Å². The Kier molecular flexibility index (Phi) is 5.25. The Labute approximate surface area is 117 Å². The van der Waals surface area contributed by atoms with E-state index in [0.29, 0.717) is 5.13 Å². The second kappa shape index (κ2) is 6.29. The maximum atomic E-state index is 11.7. The number of urea groups is 1. The fourth-order valence-electron chi connectivity index (χ4n) is 1.22. The first-order valence-electron chi connectivity index (χ1n) is 6.26. The predicted molar refractivity (Wildman–Crippen MR) is 76.5 cm³/mol. The van der Waals surface area contributed by atoms with Crippen LogP contribution in [0.2, 0.25) is 0 Å². The molecule has 19 heavy (non-hydrogen) atoms. The number of nitrogens with zero attached hydrogens (tertiary/aromatic N) is 2. The lowest BCUT2D eigenvalue weighted by atomic mass is 9.98. The number of carbonyl (C=O) groups is 1. The quantitative estimate of drug-likeness (QED) is 0.789. The van der Waals surface area contributed by atoms with Gasteiger partial charge >= 0.3 is 6.03 Å². The highest BCUT2D eigenvalue weighted by Crippen LogP contribution is 2.27. The number of aromatic nitrogens is 2. The summed E-state index contributed by atoms with van der Waals surface area (Å²) >= 11 is 1.37. The summed E-state index contributed by atoms with van der Waals surface area (Å²) in [6.45, 7) is 9.89. The number of carbonyl (C=O) groups excluding carboxylic acids is 1. The summed E-state index contributed by atoms with van der Waals surface area (Å²) < 4.78 is 0. The molecule has 0 saturated carbocycles. The Morgan fingerprint density at radius 3 is 2.47 bits per heavy atom. The summed E-state index contributed by atoms with van der Waals surface area (Å²) in [5.41, 5.74) is -0.0766. The molecular formula is C12H22N4O2S. The number of hydrogen-bond acceptors (Lipinski definition) is 5. The number of amides is 2. The molecule has 0 saturated heterocycles. The summed E-state index contributed by atoms with van der Waals surface area (Å²) in [6, 6.07) is -0.440. The smallest absolute Gasteiger partial charge is 0.321 e. The molecule has 2 amide bonds. The Balaban J connectivity index is 2.56. The maximum Gasteiger partial charge on any atom is 0.321 e. The number of anilines is 1. The lowest BCUT2D eigenvalue weighted by Crippen LogP contribution is -2.40. The van der Waals surface area contributed by atoms with Gasteiger partial charge in [-0.3, -0.25) is 5.32 Å². The average Bonchev–Trinajstić information content (AvgIpc) is 2.75. The van der Waals surface area contributed by atoms with Crippen molar-refractivity contribution in [2.24, 2.45) is 5.92 Å². The molecule has 108 valence electrons. The minimum atomic E-state index is -0.329. The Morgan fingerprint density at radius 1 is 1.37 bits per heavy atom. The molecular weight excluding hydrogens is 264 g/mol. The van der Waals surface area contributed by atoms with Crippen LogP contribution in [0.25, 0.3) is 0 Å². The van der Waals surface area contributed by atoms with Gasteiger partial charge in [-0.25, -0.2) is 4.79 Å². The normalized spacial score (nSPS) is 14.8. The highest BCUT2D eigenvalue weighted by molar-refractivity contribution is 7.15. The van der Waals surface area contributed by atoms with E-state index in [1.54, 1.807) is 0 Å². The Hall–Kier alpha value is -1.21. The monoisotopic (exact) mass is 286 g/mol. The van der Waals surface area contributed by atoms with Crippen molar-refractivity contribution >= 4 is 22.5 Å². The molecule has 1 rings (SSSR count). The first-order valence-corrected chi connectivity index (χ1v) is 7.08. The molecule has 0 aliphatic heterocycles. The van der Waals surface area contributed by atoms with Crippen molar-refractivity contribution in [3.05, 3.63) is 5.01 Å². The van der Waals surface area contributed by atoms with E-state index < -0.39 is 0 Å². The topological polar surface area (TPSA) is 87.1 Å². The van der Waals surface area contributed by atoms with Gasteiger partial charge in [0.2, 0.25) is 5.13 Å². The van der Waals surface area contributed by atoms with Crippen molar-refractivity contribution in [1.82, 2.24) is 15.5 Å². The van der Waals surface area contributed by atoms with Crippen molar-refractivity contribution in [1.29, 1.82) is 0 Å². The van der Waals surface area contributed by atoms with Gasteiger partial charge in [0.25, 0.3) is 0 Å². The third kappa shape index (κ3) is 4.76. The highest BCUT2D eigenvalue weighted by atomic mass is 32.1. The van der Waals surface area contributed by atoms with Gasteiger partial charge in [0.05, 0.1) is 0 Å². The van der Waals surface area contributed by atoms with Crippen LogP contribution in [0, 0.1) is 5.92 Å². The summed E-state index contributed by atoms with van der Waals surface area (Å²) in [6.07, 6.45) is 0. The number of aliphatic hydroxyl groups is 1. The third-order valence-corrected chi connectivity index (χ3v) is 4.05. The third-order valence-electron chi connectivity index (χ3n) is 2.79. The average molecular weight is 286 g/mol. The zero-order chi connectivity index (χ0) is 14.6. The second-order valence-electron chi connectivity index (χ2n) is 5.71. The zero-order valence-electron chi connectivity index (χ0n) is 12.0. The van der Waals surface area contributed by atoms with Gasteiger partial charge in [-0.05, 0) is 12.8 Å². The van der Waals surface area contributed by atoms with E-state index in [9.17, 15) is 4.79 Å². The minimum absolute atomic E-state index is 0.00491. The lowest BCUT2D eigenvalue weighted by Gasteiger charge is -2.18. The standard InChI is InChI=1S/C12H22N4O2S/c1-7(6-17)8(2)13-10(18)14-11-16-15-9(19-11)12(3,4)5/h7-8,17H,6H2,1-5H3,(H2,13,14,16,18). The second-order valence-corrected chi connectivity index (χ2v) is 6.69. The van der Waals surface area contributed by atoms with Crippen LogP contribution in [0.5, 0.6) is 0 Å². The van der Waals surface area contributed by atoms with Gasteiger partial charge in [-0.1, -0.05) is 39.0 Å². The molecule has 2 atom stereocenters. The van der Waals surface area contributed by atoms with E-state index in [1.165, 1.54) is 11.3 Å². The number of aliphatic hydroxyl groups excluding tert-OH is 1. The first-order chi connectivity index (χ1) is 8.74. The van der Waals surface area contributed by atoms with E-state index in [0.717, 1.165) is 5.01 Å². The summed E-state index contributed by atoms with van der Waals surface area (Å²) in [4.78, 5) is 11.7. The van der Waals surface area contributed by atoms with Crippen molar-refractivity contribution in [2.45, 2.75) is 46.1 Å². The van der Waals surface area contributed by atoms with Crippen LogP contribution in [0.1, 0.15) is 39.6 Å². The SMILES string of the molecule is CC(CO)C(C)NC(=O)Nc1nnc(C(C)(C)C)s1. The van der Waals surface area contributed by atoms with Crippen LogP contribution in [-0.2, 0) is 5.41 Å². The molecule has 0 radical (unpaired) electrons. The van der Waals surface area contributed by atoms with Crippen LogP contribution in [-0.4, -0.2) is 34.0 Å². The maximum absolute atomic E-state index is 11.7. The van der Waals surface area contributed by atoms with Crippen LogP contribution in [0.3, 0.4) is 0 Å². The molecule has 3 N–H and O–H groups in total. The molecule has 1 heterocycles. The molecule has 1 aromatic heterocycles. The summed E-state index contributed by atoms with van der Waals surface area (Å²) in [5, 5.41) is 23.8. The van der Waals surface area contributed by atoms with E-state index in [4.69, 9.17) is 5.11 Å². The fraction of sp³-hybridized carbons (Fsp3) is 0.750. The van der Waals surface area contributed by atoms with Crippen molar-refractivity contribution in [3.63, 3.8) is 0 Å². The molecule has 0 spiro atoms. The van der Waals surface area contributed by atoms with Crippen LogP contribution in [0.15, 0.2) is 0 Å². The number of hydrogen-bond donors (Lipinski definition) is 3. The molecule has 0 aliphatic rings. The molecule has 7 heteroatoms. The van der Waals surface area contributed by atoms with Crippen molar-refractivity contribution in [3.8, 4) is 0 Å². The highest BCUT2D eigenvalue weighted by Gasteiger charge is 2.20. The predicted octanol–water partition coefficient (Wildman–Crippen LogP) is 1.97. The molecule has 0 bridgehead atoms. The van der Waals surface area contributed by atoms with Gasteiger partial charge in [0, 0.05) is 18.1 Å². The van der Waals surface area contributed by atoms with E-state index in [2.05, 4.69) is 20.8 Å². The molecule has 1 aromatic rings. The van der Waals surface area contributed by atoms with Crippen LogP contribution >= 0.6 is 11.3 Å².